The molecule has 0 amide bonds. The average molecular weight is 561 g/mol. The van der Waals surface area contributed by atoms with E-state index >= 15 is 0 Å². The van der Waals surface area contributed by atoms with E-state index in [1.165, 1.54) is 0 Å². The van der Waals surface area contributed by atoms with E-state index < -0.39 is 35.6 Å². The van der Waals surface area contributed by atoms with Crippen molar-refractivity contribution in [1.29, 1.82) is 0 Å². The standard InChI is InChI=1S/C30H44N2O6S/c1-6-8-19-27(35)17(2)9-7-12-30(5)24(38-30)14-21(37-26(34)15-23(33)29(3,4)28(19)36)18-10-11-22-20(13-18)32-25(16-31)39-22/h10-11,13,17,19,21,23-24,27,33,35H,6-9,12,14-16,31H2,1-5H3/t17-,19+,21-,23-,24-,27-,30+/m0/s1. The molecule has 0 saturated carbocycles. The number of nitrogens with two attached hydrogens (primary N) is 1. The largest absolute Gasteiger partial charge is 0.457 e. The van der Waals surface area contributed by atoms with Crippen LogP contribution in [0.25, 0.3) is 10.2 Å². The number of thiazole rings is 1. The third-order valence-corrected chi connectivity index (χ3v) is 9.89. The van der Waals surface area contributed by atoms with Crippen molar-refractivity contribution in [3.8, 4) is 0 Å². The molecule has 9 heteroatoms. The van der Waals surface area contributed by atoms with Gasteiger partial charge in [-0.1, -0.05) is 46.6 Å². The Bertz CT molecular complexity index is 1180. The van der Waals surface area contributed by atoms with Crippen molar-refractivity contribution in [2.45, 2.75) is 116 Å². The number of esters is 1. The Balaban J connectivity index is 1.63. The zero-order chi connectivity index (χ0) is 28.5. The third-order valence-electron chi connectivity index (χ3n) is 8.83. The van der Waals surface area contributed by atoms with Gasteiger partial charge < -0.3 is 25.4 Å². The number of hydrogen-bond acceptors (Lipinski definition) is 9. The number of fused-ring (bicyclic) bond motifs is 2. The molecule has 4 N–H and O–H groups in total. The lowest BCUT2D eigenvalue weighted by atomic mass is 9.71. The summed E-state index contributed by atoms with van der Waals surface area (Å²) in [5.74, 6) is -1.47. The highest BCUT2D eigenvalue weighted by atomic mass is 32.1. The van der Waals surface area contributed by atoms with E-state index in [1.807, 2.05) is 32.0 Å². The lowest BCUT2D eigenvalue weighted by molar-refractivity contribution is -0.156. The Morgan fingerprint density at radius 1 is 1.21 bits per heavy atom. The number of nitrogens with zero attached hydrogens (tertiary/aromatic N) is 1. The fourth-order valence-electron chi connectivity index (χ4n) is 5.91. The molecule has 0 radical (unpaired) electrons. The molecule has 1 aromatic heterocycles. The molecule has 39 heavy (non-hydrogen) atoms. The molecule has 216 valence electrons. The number of cyclic esters (lactones) is 1. The number of aliphatic hydroxyl groups is 2. The maximum atomic E-state index is 13.7. The molecule has 8 nitrogen and oxygen atoms in total. The number of rotatable bonds is 4. The maximum Gasteiger partial charge on any atom is 0.309 e. The number of aromatic nitrogens is 1. The molecular weight excluding hydrogens is 516 g/mol. The Morgan fingerprint density at radius 3 is 2.64 bits per heavy atom. The Labute approximate surface area is 235 Å². The highest BCUT2D eigenvalue weighted by molar-refractivity contribution is 7.18. The van der Waals surface area contributed by atoms with Gasteiger partial charge in [0.25, 0.3) is 0 Å². The normalized spacial score (nSPS) is 34.5. The summed E-state index contributed by atoms with van der Waals surface area (Å²) in [7, 11) is 0. The van der Waals surface area contributed by atoms with Crippen LogP contribution < -0.4 is 5.73 Å². The summed E-state index contributed by atoms with van der Waals surface area (Å²) in [6, 6.07) is 5.85. The van der Waals surface area contributed by atoms with Gasteiger partial charge in [0.05, 0.1) is 46.0 Å². The van der Waals surface area contributed by atoms with Crippen LogP contribution in [0, 0.1) is 17.3 Å². The van der Waals surface area contributed by atoms with E-state index in [9.17, 15) is 19.8 Å². The van der Waals surface area contributed by atoms with Gasteiger partial charge >= 0.3 is 5.97 Å². The second kappa shape index (κ2) is 11.9. The van der Waals surface area contributed by atoms with Crippen molar-refractivity contribution in [2.24, 2.45) is 23.0 Å². The van der Waals surface area contributed by atoms with Gasteiger partial charge in [-0.25, -0.2) is 4.98 Å². The fourth-order valence-corrected chi connectivity index (χ4v) is 6.73. The second-order valence-electron chi connectivity index (χ2n) is 12.2. The summed E-state index contributed by atoms with van der Waals surface area (Å²) in [6.07, 6.45) is 1.15. The van der Waals surface area contributed by atoms with Gasteiger partial charge in [-0.05, 0) is 49.8 Å². The Kier molecular flexibility index (Phi) is 9.18. The van der Waals surface area contributed by atoms with Gasteiger partial charge in [-0.15, -0.1) is 11.3 Å². The number of aliphatic hydroxyl groups excluding tert-OH is 2. The van der Waals surface area contributed by atoms with Crippen LogP contribution in [0.2, 0.25) is 0 Å². The summed E-state index contributed by atoms with van der Waals surface area (Å²) in [6.45, 7) is 9.72. The van der Waals surface area contributed by atoms with Crippen molar-refractivity contribution in [3.05, 3.63) is 28.8 Å². The molecule has 2 aliphatic heterocycles. The highest BCUT2D eigenvalue weighted by Gasteiger charge is 2.53. The zero-order valence-corrected chi connectivity index (χ0v) is 24.6. The van der Waals surface area contributed by atoms with Crippen LogP contribution in [0.5, 0.6) is 0 Å². The van der Waals surface area contributed by atoms with Crippen molar-refractivity contribution < 1.29 is 29.3 Å². The molecule has 0 spiro atoms. The first-order valence-electron chi connectivity index (χ1n) is 14.3. The summed E-state index contributed by atoms with van der Waals surface area (Å²) in [4.78, 5) is 31.4. The van der Waals surface area contributed by atoms with Gasteiger partial charge in [0.15, 0.2) is 0 Å². The number of hydrogen-bond donors (Lipinski definition) is 3. The zero-order valence-electron chi connectivity index (χ0n) is 23.8. The maximum absolute atomic E-state index is 13.7. The highest BCUT2D eigenvalue weighted by Crippen LogP contribution is 2.47. The summed E-state index contributed by atoms with van der Waals surface area (Å²) in [5, 5.41) is 23.1. The van der Waals surface area contributed by atoms with Crippen LogP contribution in [-0.4, -0.2) is 50.9 Å². The molecule has 1 aromatic carbocycles. The van der Waals surface area contributed by atoms with Crippen LogP contribution in [0.1, 0.15) is 96.2 Å². The third kappa shape index (κ3) is 6.54. The van der Waals surface area contributed by atoms with E-state index in [1.54, 1.807) is 25.2 Å². The molecule has 2 fully saturated rings. The first-order valence-corrected chi connectivity index (χ1v) is 15.1. The summed E-state index contributed by atoms with van der Waals surface area (Å²) >= 11 is 1.54. The molecule has 4 rings (SSSR count). The van der Waals surface area contributed by atoms with E-state index in [0.717, 1.165) is 46.5 Å². The average Bonchev–Trinajstić information content (AvgIpc) is 3.33. The molecule has 0 aliphatic carbocycles. The summed E-state index contributed by atoms with van der Waals surface area (Å²) < 4.78 is 13.1. The van der Waals surface area contributed by atoms with Crippen LogP contribution in [-0.2, 0) is 25.6 Å². The van der Waals surface area contributed by atoms with Crippen molar-refractivity contribution >= 4 is 33.3 Å². The van der Waals surface area contributed by atoms with E-state index in [0.29, 0.717) is 19.4 Å². The minimum Gasteiger partial charge on any atom is -0.457 e. The first kappa shape index (κ1) is 30.1. The van der Waals surface area contributed by atoms with Crippen molar-refractivity contribution in [1.82, 2.24) is 4.98 Å². The monoisotopic (exact) mass is 560 g/mol. The fraction of sp³-hybridized carbons (Fsp3) is 0.700. The summed E-state index contributed by atoms with van der Waals surface area (Å²) in [5.41, 5.74) is 5.85. The lowest BCUT2D eigenvalue weighted by Gasteiger charge is -2.36. The topological polar surface area (TPSA) is 135 Å². The molecule has 7 atom stereocenters. The van der Waals surface area contributed by atoms with Crippen LogP contribution in [0.15, 0.2) is 18.2 Å². The van der Waals surface area contributed by atoms with Crippen LogP contribution in [0.4, 0.5) is 0 Å². The van der Waals surface area contributed by atoms with E-state index in [4.69, 9.17) is 15.2 Å². The van der Waals surface area contributed by atoms with Gasteiger partial charge in [0.2, 0.25) is 0 Å². The Morgan fingerprint density at radius 2 is 1.95 bits per heavy atom. The number of Topliss-reactive ketones (excluding diaryl/α,β-unsaturated/α-hetero) is 1. The number of ketones is 1. The van der Waals surface area contributed by atoms with E-state index in [2.05, 4.69) is 11.9 Å². The minimum absolute atomic E-state index is 0.0758. The number of carbonyl (C=O) groups excluding carboxylic acids is 2. The SMILES string of the molecule is CCC[C@H]1C(=O)C(C)(C)[C@@H](O)CC(=O)O[C@H](c2ccc3sc(CN)nc3c2)C[C@@H]2O[C@]2(C)CCC[C@H](C)[C@@H]1O. The predicted molar refractivity (Wildman–Crippen MR) is 151 cm³/mol. The molecule has 2 aliphatic rings. The molecule has 0 unspecified atom stereocenters. The minimum atomic E-state index is -1.25. The quantitative estimate of drug-likeness (QED) is 0.357. The van der Waals surface area contributed by atoms with Crippen LogP contribution in [0.3, 0.4) is 0 Å². The molecule has 2 saturated heterocycles. The number of benzene rings is 1. The number of carbonyl (C=O) groups is 2. The van der Waals surface area contributed by atoms with Gasteiger partial charge in [0.1, 0.15) is 16.9 Å². The van der Waals surface area contributed by atoms with E-state index in [-0.39, 0.29) is 29.8 Å². The predicted octanol–water partition coefficient (Wildman–Crippen LogP) is 4.83. The van der Waals surface area contributed by atoms with Crippen molar-refractivity contribution in [2.75, 3.05) is 0 Å². The first-order chi connectivity index (χ1) is 18.4. The van der Waals surface area contributed by atoms with Crippen molar-refractivity contribution in [3.63, 3.8) is 0 Å². The lowest BCUT2D eigenvalue weighted by Crippen LogP contribution is -2.46. The molecular formula is C30H44N2O6S. The smallest absolute Gasteiger partial charge is 0.309 e. The number of ether oxygens (including phenoxy) is 2. The van der Waals surface area contributed by atoms with Gasteiger partial charge in [0, 0.05) is 18.9 Å². The van der Waals surface area contributed by atoms with Gasteiger partial charge in [-0.2, -0.15) is 0 Å². The second-order valence-corrected chi connectivity index (χ2v) is 13.3. The Hall–Kier alpha value is -1.91. The molecule has 2 aromatic rings. The van der Waals surface area contributed by atoms with Crippen LogP contribution >= 0.6 is 11.3 Å². The number of epoxide rings is 1. The molecule has 3 heterocycles. The van der Waals surface area contributed by atoms with Gasteiger partial charge in [-0.3, -0.25) is 9.59 Å². The molecule has 0 bridgehead atoms.